The van der Waals surface area contributed by atoms with Crippen LogP contribution in [0.3, 0.4) is 0 Å². The van der Waals surface area contributed by atoms with Crippen molar-refractivity contribution in [2.75, 3.05) is 5.32 Å². The van der Waals surface area contributed by atoms with Crippen LogP contribution in [0.15, 0.2) is 24.3 Å². The Morgan fingerprint density at radius 2 is 2.00 bits per heavy atom. The van der Waals surface area contributed by atoms with Crippen LogP contribution in [-0.2, 0) is 4.79 Å². The van der Waals surface area contributed by atoms with Gasteiger partial charge in [0.05, 0.1) is 10.2 Å². The molecule has 7 heteroatoms. The van der Waals surface area contributed by atoms with Crippen molar-refractivity contribution in [2.24, 2.45) is 0 Å². The number of nitrogens with zero attached hydrogens (tertiary/aromatic N) is 1. The number of para-hydroxylation sites is 1. The van der Waals surface area contributed by atoms with E-state index in [0.29, 0.717) is 5.13 Å². The lowest BCUT2D eigenvalue weighted by molar-refractivity contribution is -0.142. The largest absolute Gasteiger partial charge is 0.480 e. The van der Waals surface area contributed by atoms with Gasteiger partial charge in [0.2, 0.25) is 0 Å². The van der Waals surface area contributed by atoms with E-state index in [1.807, 2.05) is 24.3 Å². The van der Waals surface area contributed by atoms with Crippen molar-refractivity contribution in [3.05, 3.63) is 24.3 Å². The number of hydrogen-bond acceptors (Lipinski definition) is 4. The number of carboxylic acids is 1. The van der Waals surface area contributed by atoms with Gasteiger partial charge in [-0.25, -0.2) is 14.6 Å². The Morgan fingerprint density at radius 1 is 1.32 bits per heavy atom. The van der Waals surface area contributed by atoms with Crippen molar-refractivity contribution in [1.82, 2.24) is 10.3 Å². The number of carbonyl (C=O) groups is 2. The molecule has 0 fully saturated rings. The predicted octanol–water partition coefficient (Wildman–Crippen LogP) is 2.28. The van der Waals surface area contributed by atoms with Crippen LogP contribution in [0.5, 0.6) is 0 Å². The summed E-state index contributed by atoms with van der Waals surface area (Å²) in [6, 6.07) is 6.90. The first-order valence-electron chi connectivity index (χ1n) is 5.56. The number of amides is 2. The maximum atomic E-state index is 11.7. The number of anilines is 1. The highest BCUT2D eigenvalue weighted by atomic mass is 32.1. The normalized spacial score (nSPS) is 11.3. The summed E-state index contributed by atoms with van der Waals surface area (Å²) in [5, 5.41) is 14.2. The SMILES string of the molecule is CC(C)(NC(=O)Nc1nc2ccccc2s1)C(=O)O. The molecule has 0 unspecified atom stereocenters. The number of carbonyl (C=O) groups excluding carboxylic acids is 1. The van der Waals surface area contributed by atoms with Gasteiger partial charge in [-0.3, -0.25) is 5.32 Å². The molecule has 0 saturated carbocycles. The van der Waals surface area contributed by atoms with Crippen molar-refractivity contribution < 1.29 is 14.7 Å². The third-order valence-corrected chi connectivity index (χ3v) is 3.43. The van der Waals surface area contributed by atoms with Crippen molar-refractivity contribution in [2.45, 2.75) is 19.4 Å². The van der Waals surface area contributed by atoms with E-state index in [1.165, 1.54) is 25.2 Å². The number of nitrogens with one attached hydrogen (secondary N) is 2. The fourth-order valence-electron chi connectivity index (χ4n) is 1.39. The highest BCUT2D eigenvalue weighted by Crippen LogP contribution is 2.25. The highest BCUT2D eigenvalue weighted by Gasteiger charge is 2.29. The van der Waals surface area contributed by atoms with Crippen molar-refractivity contribution in [3.8, 4) is 0 Å². The summed E-state index contributed by atoms with van der Waals surface area (Å²) in [4.78, 5) is 26.8. The molecule has 2 rings (SSSR count). The lowest BCUT2D eigenvalue weighted by Crippen LogP contribution is -2.51. The molecule has 6 nitrogen and oxygen atoms in total. The molecular formula is C12H13N3O3S. The second-order valence-corrected chi connectivity index (χ2v) is 5.53. The number of thiazole rings is 1. The highest BCUT2D eigenvalue weighted by molar-refractivity contribution is 7.22. The number of benzene rings is 1. The number of fused-ring (bicyclic) bond motifs is 1. The van der Waals surface area contributed by atoms with Crippen LogP contribution in [0.25, 0.3) is 10.2 Å². The van der Waals surface area contributed by atoms with E-state index in [2.05, 4.69) is 15.6 Å². The van der Waals surface area contributed by atoms with Crippen LogP contribution in [0.4, 0.5) is 9.93 Å². The van der Waals surface area contributed by atoms with E-state index in [1.54, 1.807) is 0 Å². The molecule has 0 spiro atoms. The van der Waals surface area contributed by atoms with Gasteiger partial charge in [-0.1, -0.05) is 23.5 Å². The van der Waals surface area contributed by atoms with Gasteiger partial charge in [-0.2, -0.15) is 0 Å². The van der Waals surface area contributed by atoms with Gasteiger partial charge < -0.3 is 10.4 Å². The summed E-state index contributed by atoms with van der Waals surface area (Å²) in [5.74, 6) is -1.10. The predicted molar refractivity (Wildman–Crippen MR) is 73.5 cm³/mol. The lowest BCUT2D eigenvalue weighted by Gasteiger charge is -2.20. The molecule has 0 radical (unpaired) electrons. The van der Waals surface area contributed by atoms with Crippen molar-refractivity contribution in [1.29, 1.82) is 0 Å². The van der Waals surface area contributed by atoms with Crippen molar-refractivity contribution in [3.63, 3.8) is 0 Å². The minimum absolute atomic E-state index is 0.430. The quantitative estimate of drug-likeness (QED) is 0.803. The number of rotatable bonds is 3. The van der Waals surface area contributed by atoms with Crippen LogP contribution in [0.1, 0.15) is 13.8 Å². The number of hydrogen-bond donors (Lipinski definition) is 3. The van der Waals surface area contributed by atoms with Crippen LogP contribution in [0.2, 0.25) is 0 Å². The third-order valence-electron chi connectivity index (χ3n) is 2.48. The zero-order valence-electron chi connectivity index (χ0n) is 10.4. The van der Waals surface area contributed by atoms with E-state index in [0.717, 1.165) is 10.2 Å². The van der Waals surface area contributed by atoms with Gasteiger partial charge in [-0.05, 0) is 26.0 Å². The third kappa shape index (κ3) is 3.00. The number of aromatic nitrogens is 1. The fraction of sp³-hybridized carbons (Fsp3) is 0.250. The second kappa shape index (κ2) is 4.85. The molecule has 0 saturated heterocycles. The molecule has 1 heterocycles. The molecule has 1 aromatic heterocycles. The number of urea groups is 1. The second-order valence-electron chi connectivity index (χ2n) is 4.50. The number of aliphatic carboxylic acids is 1. The topological polar surface area (TPSA) is 91.3 Å². The van der Waals surface area contributed by atoms with E-state index in [9.17, 15) is 9.59 Å². The summed E-state index contributed by atoms with van der Waals surface area (Å²) >= 11 is 1.33. The summed E-state index contributed by atoms with van der Waals surface area (Å²) in [6.07, 6.45) is 0. The standard InChI is InChI=1S/C12H13N3O3S/c1-12(2,9(16)17)15-10(18)14-11-13-7-5-3-4-6-8(7)19-11/h3-6H,1-2H3,(H,16,17)(H2,13,14,15,18). The molecule has 0 atom stereocenters. The first-order chi connectivity index (χ1) is 8.88. The van der Waals surface area contributed by atoms with Crippen LogP contribution >= 0.6 is 11.3 Å². The van der Waals surface area contributed by atoms with Gasteiger partial charge >= 0.3 is 12.0 Å². The fourth-order valence-corrected chi connectivity index (χ4v) is 2.25. The molecule has 2 aromatic rings. The average Bonchev–Trinajstić information content (AvgIpc) is 2.69. The average molecular weight is 279 g/mol. The zero-order valence-corrected chi connectivity index (χ0v) is 11.2. The molecule has 0 aliphatic carbocycles. The Hall–Kier alpha value is -2.15. The van der Waals surface area contributed by atoms with Crippen LogP contribution in [0, 0.1) is 0 Å². The maximum absolute atomic E-state index is 11.7. The molecule has 2 amide bonds. The summed E-state index contributed by atoms with van der Waals surface area (Å²) < 4.78 is 0.954. The maximum Gasteiger partial charge on any atom is 0.328 e. The Bertz CT molecular complexity index is 603. The molecular weight excluding hydrogens is 266 g/mol. The van der Waals surface area contributed by atoms with E-state index >= 15 is 0 Å². The Kier molecular flexibility index (Phi) is 3.39. The minimum Gasteiger partial charge on any atom is -0.480 e. The molecule has 3 N–H and O–H groups in total. The summed E-state index contributed by atoms with van der Waals surface area (Å²) in [7, 11) is 0. The van der Waals surface area contributed by atoms with Crippen LogP contribution in [-0.4, -0.2) is 27.6 Å². The smallest absolute Gasteiger partial charge is 0.328 e. The van der Waals surface area contributed by atoms with Crippen LogP contribution < -0.4 is 10.6 Å². The molecule has 100 valence electrons. The Labute approximate surface area is 113 Å². The Morgan fingerprint density at radius 3 is 2.63 bits per heavy atom. The minimum atomic E-state index is -1.33. The van der Waals surface area contributed by atoms with E-state index in [-0.39, 0.29) is 0 Å². The Balaban J connectivity index is 2.09. The van der Waals surface area contributed by atoms with Gasteiger partial charge in [0.25, 0.3) is 0 Å². The summed E-state index contributed by atoms with van der Waals surface area (Å²) in [6.45, 7) is 2.82. The molecule has 0 aliphatic rings. The van der Waals surface area contributed by atoms with Gasteiger partial charge in [0.15, 0.2) is 5.13 Å². The van der Waals surface area contributed by atoms with Gasteiger partial charge in [0.1, 0.15) is 5.54 Å². The molecule has 1 aromatic carbocycles. The van der Waals surface area contributed by atoms with Gasteiger partial charge in [-0.15, -0.1) is 0 Å². The number of carboxylic acid groups (broad SMARTS) is 1. The molecule has 0 bridgehead atoms. The first kappa shape index (κ1) is 13.3. The zero-order chi connectivity index (χ0) is 14.0. The lowest BCUT2D eigenvalue weighted by atomic mass is 10.1. The van der Waals surface area contributed by atoms with E-state index in [4.69, 9.17) is 5.11 Å². The monoisotopic (exact) mass is 279 g/mol. The molecule has 19 heavy (non-hydrogen) atoms. The van der Waals surface area contributed by atoms with E-state index < -0.39 is 17.5 Å². The summed E-state index contributed by atoms with van der Waals surface area (Å²) in [5.41, 5.74) is -0.541. The first-order valence-corrected chi connectivity index (χ1v) is 6.38. The molecule has 0 aliphatic heterocycles. The van der Waals surface area contributed by atoms with Gasteiger partial charge in [0, 0.05) is 0 Å². The van der Waals surface area contributed by atoms with Crippen molar-refractivity contribution >= 4 is 38.7 Å².